The van der Waals surface area contributed by atoms with Crippen molar-refractivity contribution in [3.63, 3.8) is 0 Å². The fourth-order valence-corrected chi connectivity index (χ4v) is 3.29. The van der Waals surface area contributed by atoms with Crippen LogP contribution < -0.4 is 5.32 Å². The van der Waals surface area contributed by atoms with Crippen molar-refractivity contribution >= 4 is 17.9 Å². The zero-order valence-electron chi connectivity index (χ0n) is 14.3. The van der Waals surface area contributed by atoms with Crippen LogP contribution in [0.4, 0.5) is 4.79 Å². The highest BCUT2D eigenvalue weighted by molar-refractivity contribution is 7.98. The quantitative estimate of drug-likeness (QED) is 0.817. The summed E-state index contributed by atoms with van der Waals surface area (Å²) in [7, 11) is 0. The number of carbonyl (C=O) groups is 1. The summed E-state index contributed by atoms with van der Waals surface area (Å²) in [5, 5.41) is 3.56. The average molecular weight is 317 g/mol. The van der Waals surface area contributed by atoms with Crippen LogP contribution in [0.5, 0.6) is 0 Å². The molecule has 1 aliphatic heterocycles. The molecule has 124 valence electrons. The van der Waals surface area contributed by atoms with Crippen molar-refractivity contribution in [2.75, 3.05) is 38.2 Å². The summed E-state index contributed by atoms with van der Waals surface area (Å²) in [5.41, 5.74) is -0.407. The second-order valence-corrected chi connectivity index (χ2v) is 8.06. The zero-order valence-corrected chi connectivity index (χ0v) is 15.1. The fourth-order valence-electron chi connectivity index (χ4n) is 2.60. The number of hydrogen-bond acceptors (Lipinski definition) is 4. The molecule has 0 aromatic rings. The lowest BCUT2D eigenvalue weighted by Gasteiger charge is -2.34. The van der Waals surface area contributed by atoms with E-state index in [0.29, 0.717) is 11.8 Å². The average Bonchev–Trinajstić information content (AvgIpc) is 2.37. The van der Waals surface area contributed by atoms with E-state index in [0.717, 1.165) is 32.6 Å². The normalized spacial score (nSPS) is 21.2. The van der Waals surface area contributed by atoms with Crippen molar-refractivity contribution in [1.82, 2.24) is 10.2 Å². The number of hydrogen-bond donors (Lipinski definition) is 1. The predicted molar refractivity (Wildman–Crippen MR) is 90.9 cm³/mol. The van der Waals surface area contributed by atoms with Crippen LogP contribution in [0.15, 0.2) is 0 Å². The van der Waals surface area contributed by atoms with Gasteiger partial charge in [0.05, 0.1) is 0 Å². The van der Waals surface area contributed by atoms with Gasteiger partial charge >= 0.3 is 6.09 Å². The smallest absolute Gasteiger partial charge is 0.410 e. The van der Waals surface area contributed by atoms with Gasteiger partial charge in [-0.3, -0.25) is 0 Å². The standard InChI is InChI=1S/C16H32N2O2S/c1-13(12-21-5)9-17-10-14-7-6-8-18(11-14)15(19)20-16(2,3)4/h13-14,17H,6-12H2,1-5H3. The maximum absolute atomic E-state index is 12.1. The second-order valence-electron chi connectivity index (χ2n) is 7.15. The first kappa shape index (κ1) is 18.6. The first-order chi connectivity index (χ1) is 9.81. The molecule has 2 unspecified atom stereocenters. The monoisotopic (exact) mass is 316 g/mol. The van der Waals surface area contributed by atoms with E-state index in [1.54, 1.807) is 0 Å². The lowest BCUT2D eigenvalue weighted by atomic mass is 9.98. The molecule has 2 atom stereocenters. The molecule has 5 heteroatoms. The Hall–Kier alpha value is -0.420. The topological polar surface area (TPSA) is 41.6 Å². The van der Waals surface area contributed by atoms with E-state index < -0.39 is 5.60 Å². The molecular weight excluding hydrogens is 284 g/mol. The van der Waals surface area contributed by atoms with Crippen LogP contribution in [0.25, 0.3) is 0 Å². The number of carbonyl (C=O) groups excluding carboxylic acids is 1. The minimum absolute atomic E-state index is 0.164. The van der Waals surface area contributed by atoms with E-state index in [1.165, 1.54) is 12.2 Å². The molecular formula is C16H32N2O2S. The molecule has 0 spiro atoms. The Balaban J connectivity index is 2.30. The van der Waals surface area contributed by atoms with Crippen LogP contribution in [0.1, 0.15) is 40.5 Å². The molecule has 1 aliphatic rings. The van der Waals surface area contributed by atoms with Gasteiger partial charge < -0.3 is 15.0 Å². The van der Waals surface area contributed by atoms with Crippen LogP contribution >= 0.6 is 11.8 Å². The van der Waals surface area contributed by atoms with Gasteiger partial charge in [-0.1, -0.05) is 6.92 Å². The third kappa shape index (κ3) is 7.96. The molecule has 1 heterocycles. The zero-order chi connectivity index (χ0) is 15.9. The molecule has 0 radical (unpaired) electrons. The first-order valence-corrected chi connectivity index (χ1v) is 9.38. The lowest BCUT2D eigenvalue weighted by molar-refractivity contribution is 0.0166. The minimum Gasteiger partial charge on any atom is -0.444 e. The summed E-state index contributed by atoms with van der Waals surface area (Å²) in [6.45, 7) is 11.7. The molecule has 1 amide bonds. The van der Waals surface area contributed by atoms with Gasteiger partial charge in [0.25, 0.3) is 0 Å². The molecule has 0 saturated carbocycles. The lowest BCUT2D eigenvalue weighted by Crippen LogP contribution is -2.45. The van der Waals surface area contributed by atoms with Gasteiger partial charge in [0.1, 0.15) is 5.60 Å². The molecule has 4 nitrogen and oxygen atoms in total. The van der Waals surface area contributed by atoms with Crippen molar-refractivity contribution in [3.8, 4) is 0 Å². The van der Waals surface area contributed by atoms with Crippen LogP contribution in [0, 0.1) is 11.8 Å². The Labute approximate surface area is 134 Å². The van der Waals surface area contributed by atoms with Crippen LogP contribution in [-0.2, 0) is 4.74 Å². The summed E-state index contributed by atoms with van der Waals surface area (Å²) in [5.74, 6) is 2.44. The van der Waals surface area contributed by atoms with E-state index in [-0.39, 0.29) is 6.09 Å². The molecule has 1 rings (SSSR count). The van der Waals surface area contributed by atoms with Gasteiger partial charge in [0, 0.05) is 13.1 Å². The maximum Gasteiger partial charge on any atom is 0.410 e. The first-order valence-electron chi connectivity index (χ1n) is 7.99. The molecule has 0 aliphatic carbocycles. The summed E-state index contributed by atoms with van der Waals surface area (Å²) < 4.78 is 5.46. The molecule has 0 aromatic heterocycles. The Kier molecular flexibility index (Phi) is 7.88. The number of nitrogens with one attached hydrogen (secondary N) is 1. The number of rotatable bonds is 6. The largest absolute Gasteiger partial charge is 0.444 e. The molecule has 1 N–H and O–H groups in total. The van der Waals surface area contributed by atoms with Crippen LogP contribution in [-0.4, -0.2) is 54.8 Å². The van der Waals surface area contributed by atoms with E-state index in [2.05, 4.69) is 18.5 Å². The number of ether oxygens (including phenoxy) is 1. The van der Waals surface area contributed by atoms with E-state index in [1.807, 2.05) is 37.4 Å². The van der Waals surface area contributed by atoms with Crippen LogP contribution in [0.2, 0.25) is 0 Å². The van der Waals surface area contributed by atoms with Gasteiger partial charge in [-0.05, 0) is 70.5 Å². The van der Waals surface area contributed by atoms with Crippen molar-refractivity contribution < 1.29 is 9.53 Å². The summed E-state index contributed by atoms with van der Waals surface area (Å²) in [6, 6.07) is 0. The van der Waals surface area contributed by atoms with Gasteiger partial charge in [0.2, 0.25) is 0 Å². The van der Waals surface area contributed by atoms with Gasteiger partial charge in [0.15, 0.2) is 0 Å². The summed E-state index contributed by atoms with van der Waals surface area (Å²) >= 11 is 1.90. The fraction of sp³-hybridized carbons (Fsp3) is 0.938. The van der Waals surface area contributed by atoms with Crippen molar-refractivity contribution in [3.05, 3.63) is 0 Å². The Morgan fingerprint density at radius 1 is 1.48 bits per heavy atom. The van der Waals surface area contributed by atoms with Gasteiger partial charge in [-0.15, -0.1) is 0 Å². The number of likely N-dealkylation sites (tertiary alicyclic amines) is 1. The maximum atomic E-state index is 12.1. The number of amides is 1. The highest BCUT2D eigenvalue weighted by Crippen LogP contribution is 2.19. The second kappa shape index (κ2) is 8.89. The van der Waals surface area contributed by atoms with Gasteiger partial charge in [-0.25, -0.2) is 4.79 Å². The molecule has 1 saturated heterocycles. The van der Waals surface area contributed by atoms with Crippen molar-refractivity contribution in [1.29, 1.82) is 0 Å². The van der Waals surface area contributed by atoms with Crippen LogP contribution in [0.3, 0.4) is 0 Å². The van der Waals surface area contributed by atoms with E-state index in [4.69, 9.17) is 4.74 Å². The molecule has 21 heavy (non-hydrogen) atoms. The third-order valence-corrected chi connectivity index (χ3v) is 4.45. The van der Waals surface area contributed by atoms with E-state index >= 15 is 0 Å². The van der Waals surface area contributed by atoms with E-state index in [9.17, 15) is 4.79 Å². The van der Waals surface area contributed by atoms with Crippen molar-refractivity contribution in [2.45, 2.75) is 46.1 Å². The molecule has 0 aromatic carbocycles. The number of thioether (sulfide) groups is 1. The Morgan fingerprint density at radius 3 is 2.81 bits per heavy atom. The Bertz CT molecular complexity index is 318. The summed E-state index contributed by atoms with van der Waals surface area (Å²) in [4.78, 5) is 14.0. The van der Waals surface area contributed by atoms with Crippen molar-refractivity contribution in [2.24, 2.45) is 11.8 Å². The minimum atomic E-state index is -0.407. The predicted octanol–water partition coefficient (Wildman–Crippen LogP) is 3.22. The number of piperidine rings is 1. The Morgan fingerprint density at radius 2 is 2.19 bits per heavy atom. The number of nitrogens with zero attached hydrogens (tertiary/aromatic N) is 1. The van der Waals surface area contributed by atoms with Gasteiger partial charge in [-0.2, -0.15) is 11.8 Å². The SMILES string of the molecule is CSCC(C)CNCC1CCCN(C(=O)OC(C)(C)C)C1. The molecule has 0 bridgehead atoms. The highest BCUT2D eigenvalue weighted by Gasteiger charge is 2.27. The summed E-state index contributed by atoms with van der Waals surface area (Å²) in [6.07, 6.45) is 4.26. The highest BCUT2D eigenvalue weighted by atomic mass is 32.2. The molecule has 1 fully saturated rings. The third-order valence-electron chi connectivity index (χ3n) is 3.55.